The second-order valence-corrected chi connectivity index (χ2v) is 6.72. The van der Waals surface area contributed by atoms with Gasteiger partial charge in [-0.3, -0.25) is 0 Å². The van der Waals surface area contributed by atoms with Crippen molar-refractivity contribution in [1.82, 2.24) is 0 Å². The van der Waals surface area contributed by atoms with Crippen LogP contribution in [0.2, 0.25) is 0 Å². The Balaban J connectivity index is 2.07. The van der Waals surface area contributed by atoms with E-state index in [1.165, 1.54) is 36.9 Å². The van der Waals surface area contributed by atoms with Crippen LogP contribution in [0.5, 0.6) is 5.75 Å². The molecule has 0 aromatic heterocycles. The van der Waals surface area contributed by atoms with Crippen molar-refractivity contribution in [2.45, 2.75) is 39.2 Å². The third kappa shape index (κ3) is 5.91. The Morgan fingerprint density at radius 2 is 1.61 bits per heavy atom. The molecule has 0 aliphatic heterocycles. The molecule has 0 spiro atoms. The topological polar surface area (TPSA) is 12.5 Å². The van der Waals surface area contributed by atoms with E-state index in [0.717, 1.165) is 23.3 Å². The van der Waals surface area contributed by atoms with Gasteiger partial charge in [-0.2, -0.15) is 0 Å². The van der Waals surface area contributed by atoms with Gasteiger partial charge in [0.15, 0.2) is 0 Å². The summed E-state index contributed by atoms with van der Waals surface area (Å²) in [6, 6.07) is 17.0. The molecule has 0 unspecified atom stereocenters. The average molecular weight is 376 g/mol. The highest BCUT2D eigenvalue weighted by molar-refractivity contribution is 9.10. The van der Waals surface area contributed by atoms with Gasteiger partial charge in [-0.05, 0) is 48.4 Å². The number of nitrogens with zero attached hydrogens (tertiary/aromatic N) is 1. The molecule has 0 atom stereocenters. The van der Waals surface area contributed by atoms with Crippen molar-refractivity contribution in [3.8, 4) is 5.75 Å². The molecule has 0 saturated carbocycles. The Morgan fingerprint density at radius 1 is 0.913 bits per heavy atom. The minimum Gasteiger partial charge on any atom is -0.497 e. The van der Waals surface area contributed by atoms with Crippen molar-refractivity contribution in [2.24, 2.45) is 0 Å². The summed E-state index contributed by atoms with van der Waals surface area (Å²) in [5.41, 5.74) is 2.59. The molecule has 0 heterocycles. The fourth-order valence-electron chi connectivity index (χ4n) is 2.63. The minimum atomic E-state index is 0.906. The number of ether oxygens (including phenoxy) is 1. The molecule has 2 aromatic carbocycles. The maximum atomic E-state index is 5.27. The summed E-state index contributed by atoms with van der Waals surface area (Å²) in [4.78, 5) is 2.46. The van der Waals surface area contributed by atoms with Gasteiger partial charge in [0.05, 0.1) is 7.11 Å². The van der Waals surface area contributed by atoms with Crippen LogP contribution in [0, 0.1) is 0 Å². The molecule has 124 valence electrons. The van der Waals surface area contributed by atoms with Gasteiger partial charge in [0.2, 0.25) is 0 Å². The zero-order chi connectivity index (χ0) is 16.5. The summed E-state index contributed by atoms with van der Waals surface area (Å²) >= 11 is 3.50. The molecule has 0 N–H and O–H groups in total. The smallest absolute Gasteiger partial charge is 0.119 e. The van der Waals surface area contributed by atoms with Gasteiger partial charge in [0, 0.05) is 23.2 Å². The van der Waals surface area contributed by atoms with Crippen LogP contribution in [0.1, 0.15) is 38.2 Å². The largest absolute Gasteiger partial charge is 0.497 e. The van der Waals surface area contributed by atoms with Gasteiger partial charge in [-0.1, -0.05) is 54.2 Å². The number of halogens is 1. The van der Waals surface area contributed by atoms with E-state index < -0.39 is 0 Å². The van der Waals surface area contributed by atoms with Crippen molar-refractivity contribution >= 4 is 21.6 Å². The lowest BCUT2D eigenvalue weighted by Gasteiger charge is -2.25. The second-order valence-electron chi connectivity index (χ2n) is 5.81. The zero-order valence-electron chi connectivity index (χ0n) is 14.1. The summed E-state index contributed by atoms with van der Waals surface area (Å²) in [7, 11) is 1.71. The first-order valence-corrected chi connectivity index (χ1v) is 9.15. The Morgan fingerprint density at radius 3 is 2.22 bits per heavy atom. The number of unbranched alkanes of at least 4 members (excludes halogenated alkanes) is 3. The molecule has 3 heteroatoms. The van der Waals surface area contributed by atoms with E-state index in [2.05, 4.69) is 64.2 Å². The van der Waals surface area contributed by atoms with Crippen molar-refractivity contribution in [1.29, 1.82) is 0 Å². The first-order chi connectivity index (χ1) is 11.2. The molecular weight excluding hydrogens is 350 g/mol. The van der Waals surface area contributed by atoms with Crippen molar-refractivity contribution < 1.29 is 4.74 Å². The van der Waals surface area contributed by atoms with Gasteiger partial charge in [0.25, 0.3) is 0 Å². The van der Waals surface area contributed by atoms with Gasteiger partial charge in [0.1, 0.15) is 5.75 Å². The van der Waals surface area contributed by atoms with Gasteiger partial charge in [-0.15, -0.1) is 0 Å². The highest BCUT2D eigenvalue weighted by atomic mass is 79.9. The first kappa shape index (κ1) is 17.9. The van der Waals surface area contributed by atoms with Crippen molar-refractivity contribution in [2.75, 3.05) is 18.6 Å². The van der Waals surface area contributed by atoms with E-state index in [9.17, 15) is 0 Å². The first-order valence-electron chi connectivity index (χ1n) is 8.36. The van der Waals surface area contributed by atoms with E-state index in [1.54, 1.807) is 7.11 Å². The molecule has 0 bridgehead atoms. The predicted molar refractivity (Wildman–Crippen MR) is 102 cm³/mol. The Bertz CT molecular complexity index is 565. The van der Waals surface area contributed by atoms with Crippen LogP contribution in [-0.4, -0.2) is 13.7 Å². The van der Waals surface area contributed by atoms with Crippen LogP contribution in [0.15, 0.2) is 53.0 Å². The molecule has 23 heavy (non-hydrogen) atoms. The van der Waals surface area contributed by atoms with Crippen LogP contribution in [0.3, 0.4) is 0 Å². The maximum absolute atomic E-state index is 5.27. The number of benzene rings is 2. The lowest BCUT2D eigenvalue weighted by Crippen LogP contribution is -2.23. The molecule has 0 saturated heterocycles. The molecule has 2 rings (SSSR count). The van der Waals surface area contributed by atoms with E-state index in [4.69, 9.17) is 4.74 Å². The molecule has 0 radical (unpaired) electrons. The molecule has 2 aromatic rings. The number of rotatable bonds is 9. The third-order valence-corrected chi connectivity index (χ3v) is 4.53. The highest BCUT2D eigenvalue weighted by Crippen LogP contribution is 2.22. The van der Waals surface area contributed by atoms with Gasteiger partial charge >= 0.3 is 0 Å². The highest BCUT2D eigenvalue weighted by Gasteiger charge is 2.08. The number of hydrogen-bond acceptors (Lipinski definition) is 2. The van der Waals surface area contributed by atoms with Gasteiger partial charge in [-0.25, -0.2) is 0 Å². The second kappa shape index (κ2) is 9.61. The fourth-order valence-corrected chi connectivity index (χ4v) is 2.90. The molecule has 0 fully saturated rings. The summed E-state index contributed by atoms with van der Waals surface area (Å²) in [6.45, 7) is 4.27. The summed E-state index contributed by atoms with van der Waals surface area (Å²) in [5.74, 6) is 0.906. The quantitative estimate of drug-likeness (QED) is 0.495. The van der Waals surface area contributed by atoms with Crippen LogP contribution in [0.4, 0.5) is 5.69 Å². The standard InChI is InChI=1S/C20H26BrNO/c1-3-4-5-6-15-22(16-17-7-9-18(21)10-8-17)19-11-13-20(23-2)14-12-19/h7-14H,3-6,15-16H2,1-2H3. The summed E-state index contributed by atoms with van der Waals surface area (Å²) in [5, 5.41) is 0. The fraction of sp³-hybridized carbons (Fsp3) is 0.400. The third-order valence-electron chi connectivity index (χ3n) is 4.01. The van der Waals surface area contributed by atoms with E-state index >= 15 is 0 Å². The van der Waals surface area contributed by atoms with Gasteiger partial charge < -0.3 is 9.64 Å². The molecule has 0 aliphatic carbocycles. The average Bonchev–Trinajstić information content (AvgIpc) is 2.59. The van der Waals surface area contributed by atoms with E-state index in [0.29, 0.717) is 0 Å². The lowest BCUT2D eigenvalue weighted by molar-refractivity contribution is 0.415. The monoisotopic (exact) mass is 375 g/mol. The maximum Gasteiger partial charge on any atom is 0.119 e. The van der Waals surface area contributed by atoms with Crippen molar-refractivity contribution in [3.63, 3.8) is 0 Å². The predicted octanol–water partition coefficient (Wildman–Crippen LogP) is 6.04. The van der Waals surface area contributed by atoms with E-state index in [1.807, 2.05) is 12.1 Å². The van der Waals surface area contributed by atoms with Crippen LogP contribution >= 0.6 is 15.9 Å². The number of hydrogen-bond donors (Lipinski definition) is 0. The van der Waals surface area contributed by atoms with Crippen molar-refractivity contribution in [3.05, 3.63) is 58.6 Å². The van der Waals surface area contributed by atoms with Crippen LogP contribution in [0.25, 0.3) is 0 Å². The summed E-state index contributed by atoms with van der Waals surface area (Å²) < 4.78 is 6.39. The molecule has 2 nitrogen and oxygen atoms in total. The normalized spacial score (nSPS) is 10.6. The van der Waals surface area contributed by atoms with E-state index in [-0.39, 0.29) is 0 Å². The molecular formula is C20H26BrNO. The Hall–Kier alpha value is -1.48. The Kier molecular flexibility index (Phi) is 7.47. The Labute approximate surface area is 148 Å². The molecule has 0 aliphatic rings. The van der Waals surface area contributed by atoms with Crippen LogP contribution in [-0.2, 0) is 6.54 Å². The molecule has 0 amide bonds. The summed E-state index contributed by atoms with van der Waals surface area (Å²) in [6.07, 6.45) is 5.11. The SMILES string of the molecule is CCCCCCN(Cc1ccc(Br)cc1)c1ccc(OC)cc1. The minimum absolute atomic E-state index is 0.906. The zero-order valence-corrected chi connectivity index (χ0v) is 15.7. The lowest BCUT2D eigenvalue weighted by atomic mass is 10.1. The number of anilines is 1. The van der Waals surface area contributed by atoms with Crippen LogP contribution < -0.4 is 9.64 Å². The number of methoxy groups -OCH3 is 1.